The van der Waals surface area contributed by atoms with E-state index in [1.807, 2.05) is 36.2 Å². The predicted octanol–water partition coefficient (Wildman–Crippen LogP) is 2.74. The molecule has 0 bridgehead atoms. The molecular formula is C11H14FN. The summed E-state index contributed by atoms with van der Waals surface area (Å²) in [6.07, 6.45) is 1.79. The molecular weight excluding hydrogens is 165 g/mol. The predicted molar refractivity (Wildman–Crippen MR) is 55.8 cm³/mol. The van der Waals surface area contributed by atoms with Crippen molar-refractivity contribution in [2.24, 2.45) is 0 Å². The molecule has 1 nitrogen and oxygen atoms in total. The Morgan fingerprint density at radius 2 is 2.00 bits per heavy atom. The monoisotopic (exact) mass is 179 g/mol. The molecule has 1 aromatic rings. The van der Waals surface area contributed by atoms with Crippen LogP contribution in [0.25, 0.3) is 6.08 Å². The zero-order valence-corrected chi connectivity index (χ0v) is 7.83. The van der Waals surface area contributed by atoms with E-state index < -0.39 is 0 Å². The minimum Gasteiger partial charge on any atom is -0.372 e. The van der Waals surface area contributed by atoms with Crippen LogP contribution >= 0.6 is 0 Å². The Morgan fingerprint density at radius 3 is 2.46 bits per heavy atom. The molecule has 0 aliphatic carbocycles. The van der Waals surface area contributed by atoms with Gasteiger partial charge in [0.15, 0.2) is 0 Å². The van der Waals surface area contributed by atoms with Crippen LogP contribution in [-0.2, 0) is 0 Å². The maximum absolute atomic E-state index is 12.0. The van der Waals surface area contributed by atoms with Crippen LogP contribution < -0.4 is 4.90 Å². The van der Waals surface area contributed by atoms with E-state index >= 15 is 0 Å². The first-order valence-corrected chi connectivity index (χ1v) is 4.27. The van der Waals surface area contributed by atoms with Crippen molar-refractivity contribution >= 4 is 11.8 Å². The van der Waals surface area contributed by atoms with Crippen molar-refractivity contribution in [3.8, 4) is 0 Å². The normalized spacial score (nSPS) is 9.69. The van der Waals surface area contributed by atoms with Gasteiger partial charge in [-0.1, -0.05) is 24.8 Å². The maximum atomic E-state index is 12.0. The molecule has 0 aromatic heterocycles. The van der Waals surface area contributed by atoms with Gasteiger partial charge >= 0.3 is 0 Å². The van der Waals surface area contributed by atoms with Gasteiger partial charge in [-0.05, 0) is 17.7 Å². The SMILES string of the molecule is C=Cc1ccc(N(C)CCF)cc1. The van der Waals surface area contributed by atoms with Gasteiger partial charge in [0.2, 0.25) is 0 Å². The molecule has 0 radical (unpaired) electrons. The van der Waals surface area contributed by atoms with Crippen LogP contribution in [0.4, 0.5) is 10.1 Å². The number of nitrogens with zero attached hydrogens (tertiary/aromatic N) is 1. The third kappa shape index (κ3) is 2.58. The molecule has 13 heavy (non-hydrogen) atoms. The highest BCUT2D eigenvalue weighted by atomic mass is 19.1. The molecule has 0 aliphatic heterocycles. The van der Waals surface area contributed by atoms with Gasteiger partial charge in [0, 0.05) is 19.3 Å². The largest absolute Gasteiger partial charge is 0.372 e. The Morgan fingerprint density at radius 1 is 1.38 bits per heavy atom. The summed E-state index contributed by atoms with van der Waals surface area (Å²) in [6, 6.07) is 7.87. The van der Waals surface area contributed by atoms with Crippen molar-refractivity contribution in [3.05, 3.63) is 36.4 Å². The van der Waals surface area contributed by atoms with Gasteiger partial charge in [0.05, 0.1) is 0 Å². The average Bonchev–Trinajstić information content (AvgIpc) is 2.18. The zero-order chi connectivity index (χ0) is 9.68. The maximum Gasteiger partial charge on any atom is 0.107 e. The summed E-state index contributed by atoms with van der Waals surface area (Å²) in [7, 11) is 1.88. The van der Waals surface area contributed by atoms with Crippen LogP contribution in [0, 0.1) is 0 Å². The van der Waals surface area contributed by atoms with Gasteiger partial charge in [-0.2, -0.15) is 0 Å². The third-order valence-electron chi connectivity index (χ3n) is 1.99. The van der Waals surface area contributed by atoms with Gasteiger partial charge in [-0.25, -0.2) is 4.39 Å². The molecule has 1 aromatic carbocycles. The van der Waals surface area contributed by atoms with Crippen molar-refractivity contribution in [2.45, 2.75) is 0 Å². The van der Waals surface area contributed by atoms with Gasteiger partial charge in [0.25, 0.3) is 0 Å². The van der Waals surface area contributed by atoms with E-state index in [9.17, 15) is 4.39 Å². The second kappa shape index (κ2) is 4.65. The lowest BCUT2D eigenvalue weighted by Gasteiger charge is -2.17. The van der Waals surface area contributed by atoms with Crippen molar-refractivity contribution in [3.63, 3.8) is 0 Å². The van der Waals surface area contributed by atoms with E-state index in [1.165, 1.54) is 0 Å². The lowest BCUT2D eigenvalue weighted by molar-refractivity contribution is 0.497. The summed E-state index contributed by atoms with van der Waals surface area (Å²) in [5, 5.41) is 0. The van der Waals surface area contributed by atoms with Crippen molar-refractivity contribution in [2.75, 3.05) is 25.2 Å². The molecule has 0 unspecified atom stereocenters. The Labute approximate surface area is 78.5 Å². The number of hydrogen-bond donors (Lipinski definition) is 0. The molecule has 0 heterocycles. The molecule has 0 N–H and O–H groups in total. The highest BCUT2D eigenvalue weighted by Gasteiger charge is 1.98. The molecule has 0 saturated heterocycles. The number of anilines is 1. The minimum atomic E-state index is -0.320. The van der Waals surface area contributed by atoms with Crippen molar-refractivity contribution in [1.82, 2.24) is 0 Å². The number of hydrogen-bond acceptors (Lipinski definition) is 1. The zero-order valence-electron chi connectivity index (χ0n) is 7.83. The van der Waals surface area contributed by atoms with E-state index in [-0.39, 0.29) is 6.67 Å². The molecule has 0 amide bonds. The fourth-order valence-electron chi connectivity index (χ4n) is 1.12. The smallest absolute Gasteiger partial charge is 0.107 e. The summed E-state index contributed by atoms with van der Waals surface area (Å²) in [4.78, 5) is 1.88. The Hall–Kier alpha value is -1.31. The van der Waals surface area contributed by atoms with Crippen LogP contribution in [0.15, 0.2) is 30.8 Å². The van der Waals surface area contributed by atoms with Gasteiger partial charge in [-0.3, -0.25) is 0 Å². The van der Waals surface area contributed by atoms with E-state index in [2.05, 4.69) is 6.58 Å². The molecule has 0 aliphatic rings. The fraction of sp³-hybridized carbons (Fsp3) is 0.273. The van der Waals surface area contributed by atoms with Gasteiger partial charge in [0.1, 0.15) is 6.67 Å². The average molecular weight is 179 g/mol. The van der Waals surface area contributed by atoms with Crippen LogP contribution in [0.5, 0.6) is 0 Å². The van der Waals surface area contributed by atoms with Crippen LogP contribution in [0.3, 0.4) is 0 Å². The molecule has 70 valence electrons. The molecule has 2 heteroatoms. The summed E-state index contributed by atoms with van der Waals surface area (Å²) in [5.41, 5.74) is 2.11. The van der Waals surface area contributed by atoms with Crippen LogP contribution in [0.1, 0.15) is 5.56 Å². The van der Waals surface area contributed by atoms with E-state index in [0.717, 1.165) is 11.3 Å². The van der Waals surface area contributed by atoms with Crippen molar-refractivity contribution in [1.29, 1.82) is 0 Å². The number of rotatable bonds is 4. The fourth-order valence-corrected chi connectivity index (χ4v) is 1.12. The molecule has 0 saturated carbocycles. The standard InChI is InChI=1S/C11H14FN/c1-3-10-4-6-11(7-5-10)13(2)9-8-12/h3-7H,1,8-9H2,2H3. The Kier molecular flexibility index (Phi) is 3.50. The summed E-state index contributed by atoms with van der Waals surface area (Å²) < 4.78 is 12.0. The van der Waals surface area contributed by atoms with Crippen molar-refractivity contribution < 1.29 is 4.39 Å². The Balaban J connectivity index is 2.73. The second-order valence-corrected chi connectivity index (χ2v) is 2.91. The first-order valence-electron chi connectivity index (χ1n) is 4.27. The van der Waals surface area contributed by atoms with Gasteiger partial charge in [-0.15, -0.1) is 0 Å². The first kappa shape index (κ1) is 9.78. The quantitative estimate of drug-likeness (QED) is 0.687. The number of alkyl halides is 1. The third-order valence-corrected chi connectivity index (χ3v) is 1.99. The van der Waals surface area contributed by atoms with E-state index in [0.29, 0.717) is 6.54 Å². The number of benzene rings is 1. The minimum absolute atomic E-state index is 0.320. The highest BCUT2D eigenvalue weighted by molar-refractivity contribution is 5.54. The van der Waals surface area contributed by atoms with Crippen LogP contribution in [-0.4, -0.2) is 20.3 Å². The second-order valence-electron chi connectivity index (χ2n) is 2.91. The van der Waals surface area contributed by atoms with Crippen LogP contribution in [0.2, 0.25) is 0 Å². The van der Waals surface area contributed by atoms with Gasteiger partial charge < -0.3 is 4.90 Å². The molecule has 1 rings (SSSR count). The summed E-state index contributed by atoms with van der Waals surface area (Å²) in [6.45, 7) is 3.79. The first-order chi connectivity index (χ1) is 6.27. The summed E-state index contributed by atoms with van der Waals surface area (Å²) in [5.74, 6) is 0. The molecule has 0 spiro atoms. The molecule has 0 atom stereocenters. The van der Waals surface area contributed by atoms with E-state index in [4.69, 9.17) is 0 Å². The topological polar surface area (TPSA) is 3.24 Å². The van der Waals surface area contributed by atoms with E-state index in [1.54, 1.807) is 6.08 Å². The Bertz CT molecular complexity index is 266. The lowest BCUT2D eigenvalue weighted by Crippen LogP contribution is -2.19. The highest BCUT2D eigenvalue weighted by Crippen LogP contribution is 2.13. The molecule has 0 fully saturated rings. The summed E-state index contributed by atoms with van der Waals surface area (Å²) >= 11 is 0. The lowest BCUT2D eigenvalue weighted by atomic mass is 10.2. The number of halogens is 1.